The molecular formula is C12H13ClN2. The van der Waals surface area contributed by atoms with Gasteiger partial charge in [-0.05, 0) is 49.5 Å². The number of rotatable bonds is 1. The molecule has 1 N–H and O–H groups in total. The maximum absolute atomic E-state index is 8.78. The lowest BCUT2D eigenvalue weighted by molar-refractivity contribution is 0.460. The summed E-state index contributed by atoms with van der Waals surface area (Å²) in [4.78, 5) is 0. The van der Waals surface area contributed by atoms with E-state index in [1.807, 2.05) is 18.2 Å². The number of hydrogen-bond donors (Lipinski definition) is 1. The molecule has 1 saturated heterocycles. The average Bonchev–Trinajstić information content (AvgIpc) is 2.30. The van der Waals surface area contributed by atoms with E-state index in [9.17, 15) is 0 Å². The number of hydrogen-bond acceptors (Lipinski definition) is 2. The number of nitriles is 1. The van der Waals surface area contributed by atoms with E-state index in [1.54, 1.807) is 0 Å². The summed E-state index contributed by atoms with van der Waals surface area (Å²) < 4.78 is 0. The summed E-state index contributed by atoms with van der Waals surface area (Å²) in [6.07, 6.45) is 2.31. The highest BCUT2D eigenvalue weighted by atomic mass is 35.5. The Hall–Kier alpha value is -1.04. The summed E-state index contributed by atoms with van der Waals surface area (Å²) in [5.41, 5.74) is 1.83. The van der Waals surface area contributed by atoms with E-state index < -0.39 is 0 Å². The number of nitrogens with one attached hydrogen (secondary N) is 1. The fourth-order valence-electron chi connectivity index (χ4n) is 2.03. The van der Waals surface area contributed by atoms with Gasteiger partial charge in [-0.25, -0.2) is 0 Å². The molecule has 0 radical (unpaired) electrons. The molecule has 2 nitrogen and oxygen atoms in total. The lowest BCUT2D eigenvalue weighted by atomic mass is 9.90. The van der Waals surface area contributed by atoms with Crippen LogP contribution in [0.15, 0.2) is 18.2 Å². The second kappa shape index (κ2) is 4.65. The quantitative estimate of drug-likeness (QED) is 0.790. The van der Waals surface area contributed by atoms with Crippen LogP contribution in [0.5, 0.6) is 0 Å². The molecule has 0 saturated carbocycles. The molecule has 78 valence electrons. The number of benzene rings is 1. The fourth-order valence-corrected chi connectivity index (χ4v) is 2.26. The van der Waals surface area contributed by atoms with Crippen molar-refractivity contribution >= 4 is 11.6 Å². The molecule has 1 aliphatic heterocycles. The van der Waals surface area contributed by atoms with Crippen molar-refractivity contribution < 1.29 is 0 Å². The van der Waals surface area contributed by atoms with Crippen molar-refractivity contribution in [2.45, 2.75) is 18.8 Å². The molecule has 0 atom stereocenters. The van der Waals surface area contributed by atoms with Gasteiger partial charge < -0.3 is 5.32 Å². The van der Waals surface area contributed by atoms with Gasteiger partial charge in [0.25, 0.3) is 0 Å². The molecule has 0 bridgehead atoms. The maximum Gasteiger partial charge on any atom is 0.101 e. The predicted molar refractivity (Wildman–Crippen MR) is 61.0 cm³/mol. The Balaban J connectivity index is 2.22. The fraction of sp³-hybridized carbons (Fsp3) is 0.417. The second-order valence-electron chi connectivity index (χ2n) is 3.88. The third-order valence-electron chi connectivity index (χ3n) is 2.92. The molecule has 1 aromatic carbocycles. The standard InChI is InChI=1S/C12H13ClN2/c13-12-7-10(1-2-11(12)8-14)9-3-5-15-6-4-9/h1-2,7,9,15H,3-6H2. The first-order valence-electron chi connectivity index (χ1n) is 5.21. The van der Waals surface area contributed by atoms with Gasteiger partial charge >= 0.3 is 0 Å². The van der Waals surface area contributed by atoms with Gasteiger partial charge in [-0.3, -0.25) is 0 Å². The van der Waals surface area contributed by atoms with Crippen LogP contribution in [0.3, 0.4) is 0 Å². The van der Waals surface area contributed by atoms with E-state index in [-0.39, 0.29) is 0 Å². The maximum atomic E-state index is 8.78. The zero-order valence-corrected chi connectivity index (χ0v) is 9.22. The van der Waals surface area contributed by atoms with Crippen molar-refractivity contribution in [2.75, 3.05) is 13.1 Å². The molecule has 1 aromatic rings. The first-order valence-corrected chi connectivity index (χ1v) is 5.59. The monoisotopic (exact) mass is 220 g/mol. The van der Waals surface area contributed by atoms with Gasteiger partial charge in [0.1, 0.15) is 6.07 Å². The number of nitrogens with zero attached hydrogens (tertiary/aromatic N) is 1. The Labute approximate surface area is 94.9 Å². The van der Waals surface area contributed by atoms with Gasteiger partial charge in [0.15, 0.2) is 0 Å². The normalized spacial score (nSPS) is 17.3. The van der Waals surface area contributed by atoms with Crippen molar-refractivity contribution in [2.24, 2.45) is 0 Å². The zero-order chi connectivity index (χ0) is 10.7. The van der Waals surface area contributed by atoms with Gasteiger partial charge in [0.05, 0.1) is 10.6 Å². The lowest BCUT2D eigenvalue weighted by Gasteiger charge is -2.23. The van der Waals surface area contributed by atoms with Crippen LogP contribution in [0.4, 0.5) is 0 Å². The minimum atomic E-state index is 0.564. The molecule has 2 rings (SSSR count). The Morgan fingerprint density at radius 2 is 2.07 bits per heavy atom. The minimum Gasteiger partial charge on any atom is -0.317 e. The van der Waals surface area contributed by atoms with Crippen molar-refractivity contribution in [3.05, 3.63) is 34.3 Å². The van der Waals surface area contributed by atoms with E-state index in [4.69, 9.17) is 16.9 Å². The van der Waals surface area contributed by atoms with E-state index in [1.165, 1.54) is 5.56 Å². The molecule has 1 fully saturated rings. The predicted octanol–water partition coefficient (Wildman–Crippen LogP) is 2.68. The zero-order valence-electron chi connectivity index (χ0n) is 8.46. The Bertz CT molecular complexity index is 389. The largest absolute Gasteiger partial charge is 0.317 e. The van der Waals surface area contributed by atoms with Crippen LogP contribution in [-0.2, 0) is 0 Å². The summed E-state index contributed by atoms with van der Waals surface area (Å²) in [5, 5.41) is 12.7. The Morgan fingerprint density at radius 3 is 2.67 bits per heavy atom. The lowest BCUT2D eigenvalue weighted by Crippen LogP contribution is -2.26. The molecule has 0 amide bonds. The van der Waals surface area contributed by atoms with Crippen LogP contribution in [0.25, 0.3) is 0 Å². The SMILES string of the molecule is N#Cc1ccc(C2CCNCC2)cc1Cl. The van der Waals surface area contributed by atoms with E-state index >= 15 is 0 Å². The third-order valence-corrected chi connectivity index (χ3v) is 3.24. The average molecular weight is 221 g/mol. The first kappa shape index (κ1) is 10.5. The molecular weight excluding hydrogens is 208 g/mol. The number of piperidine rings is 1. The highest BCUT2D eigenvalue weighted by Crippen LogP contribution is 2.28. The summed E-state index contributed by atoms with van der Waals surface area (Å²) in [6.45, 7) is 2.14. The summed E-state index contributed by atoms with van der Waals surface area (Å²) in [5.74, 6) is 0.594. The highest BCUT2D eigenvalue weighted by molar-refractivity contribution is 6.31. The van der Waals surface area contributed by atoms with E-state index in [2.05, 4.69) is 11.4 Å². The summed E-state index contributed by atoms with van der Waals surface area (Å²) in [7, 11) is 0. The Morgan fingerprint density at radius 1 is 1.33 bits per heavy atom. The van der Waals surface area contributed by atoms with E-state index in [0.717, 1.165) is 25.9 Å². The van der Waals surface area contributed by atoms with Crippen LogP contribution in [0, 0.1) is 11.3 Å². The summed E-state index contributed by atoms with van der Waals surface area (Å²) >= 11 is 6.01. The summed E-state index contributed by atoms with van der Waals surface area (Å²) in [6, 6.07) is 7.87. The first-order chi connectivity index (χ1) is 7.31. The molecule has 3 heteroatoms. The van der Waals surface area contributed by atoms with Crippen LogP contribution in [-0.4, -0.2) is 13.1 Å². The van der Waals surface area contributed by atoms with E-state index in [0.29, 0.717) is 16.5 Å². The topological polar surface area (TPSA) is 35.8 Å². The van der Waals surface area contributed by atoms with Gasteiger partial charge in [-0.1, -0.05) is 17.7 Å². The molecule has 0 spiro atoms. The van der Waals surface area contributed by atoms with Crippen molar-refractivity contribution in [3.8, 4) is 6.07 Å². The van der Waals surface area contributed by atoms with Crippen molar-refractivity contribution in [3.63, 3.8) is 0 Å². The molecule has 0 unspecified atom stereocenters. The third kappa shape index (κ3) is 2.31. The Kier molecular flexibility index (Phi) is 3.25. The molecule has 0 aromatic heterocycles. The van der Waals surface area contributed by atoms with Crippen molar-refractivity contribution in [1.82, 2.24) is 5.32 Å². The number of halogens is 1. The molecule has 0 aliphatic carbocycles. The van der Waals surface area contributed by atoms with Crippen LogP contribution >= 0.6 is 11.6 Å². The van der Waals surface area contributed by atoms with Gasteiger partial charge in [0, 0.05) is 0 Å². The highest BCUT2D eigenvalue weighted by Gasteiger charge is 2.15. The van der Waals surface area contributed by atoms with Crippen LogP contribution < -0.4 is 5.32 Å². The van der Waals surface area contributed by atoms with Crippen LogP contribution in [0.2, 0.25) is 5.02 Å². The molecule has 15 heavy (non-hydrogen) atoms. The van der Waals surface area contributed by atoms with Gasteiger partial charge in [0.2, 0.25) is 0 Å². The van der Waals surface area contributed by atoms with Gasteiger partial charge in [-0.15, -0.1) is 0 Å². The smallest absolute Gasteiger partial charge is 0.101 e. The molecule has 1 aliphatic rings. The van der Waals surface area contributed by atoms with Crippen LogP contribution in [0.1, 0.15) is 29.9 Å². The van der Waals surface area contributed by atoms with Gasteiger partial charge in [-0.2, -0.15) is 5.26 Å². The molecule has 1 heterocycles. The van der Waals surface area contributed by atoms with Crippen molar-refractivity contribution in [1.29, 1.82) is 5.26 Å². The second-order valence-corrected chi connectivity index (χ2v) is 4.28. The minimum absolute atomic E-state index is 0.564.